The number of nitrogens with two attached hydrogens (primary N) is 1. The van der Waals surface area contributed by atoms with Crippen molar-refractivity contribution in [1.82, 2.24) is 10.2 Å². The van der Waals surface area contributed by atoms with Gasteiger partial charge in [0.1, 0.15) is 0 Å². The Hall–Kier alpha value is -2.71. The maximum atomic E-state index is 12.8. The lowest BCUT2D eigenvalue weighted by atomic mass is 9.97. The topological polar surface area (TPSA) is 105 Å². The van der Waals surface area contributed by atoms with Gasteiger partial charge in [-0.3, -0.25) is 19.3 Å². The fourth-order valence-electron chi connectivity index (χ4n) is 3.80. The third-order valence-electron chi connectivity index (χ3n) is 5.25. The van der Waals surface area contributed by atoms with Crippen molar-refractivity contribution in [2.45, 2.75) is 38.8 Å². The van der Waals surface area contributed by atoms with E-state index >= 15 is 0 Å². The minimum Gasteiger partial charge on any atom is -0.369 e. The Labute approximate surface area is 180 Å². The number of benzene rings is 1. The van der Waals surface area contributed by atoms with Crippen LogP contribution in [0, 0.1) is 5.92 Å². The van der Waals surface area contributed by atoms with Gasteiger partial charge in [0.05, 0.1) is 18.4 Å². The third kappa shape index (κ3) is 6.14. The summed E-state index contributed by atoms with van der Waals surface area (Å²) in [4.78, 5) is 39.0. The van der Waals surface area contributed by atoms with Crippen LogP contribution in [0.2, 0.25) is 0 Å². The first-order valence-corrected chi connectivity index (χ1v) is 11.0. The quantitative estimate of drug-likeness (QED) is 0.601. The van der Waals surface area contributed by atoms with Crippen molar-refractivity contribution in [2.75, 3.05) is 18.4 Å². The predicted octanol–water partition coefficient (Wildman–Crippen LogP) is 2.65. The van der Waals surface area contributed by atoms with E-state index in [4.69, 9.17) is 5.73 Å². The molecule has 8 heteroatoms. The number of amides is 3. The second kappa shape index (κ2) is 10.4. The maximum absolute atomic E-state index is 12.8. The molecule has 1 aromatic carbocycles. The molecular formula is C22H28N4O3S. The van der Waals surface area contributed by atoms with Crippen molar-refractivity contribution >= 4 is 34.7 Å². The van der Waals surface area contributed by atoms with E-state index in [1.807, 2.05) is 41.8 Å². The number of carbonyl (C=O) groups is 3. The summed E-state index contributed by atoms with van der Waals surface area (Å²) in [5.41, 5.74) is 7.22. The van der Waals surface area contributed by atoms with Crippen LogP contribution in [-0.4, -0.2) is 35.7 Å². The van der Waals surface area contributed by atoms with E-state index in [1.54, 1.807) is 0 Å². The molecule has 4 N–H and O–H groups in total. The molecule has 1 fully saturated rings. The number of hydrogen-bond donors (Lipinski definition) is 3. The van der Waals surface area contributed by atoms with Crippen LogP contribution < -0.4 is 16.4 Å². The SMILES string of the molecule is CC(=O)NC(CC(=O)Nc1ccccc1CN1CCCC(C(N)=O)C1)c1cccs1. The molecule has 2 aromatic rings. The van der Waals surface area contributed by atoms with E-state index in [1.165, 1.54) is 18.3 Å². The molecule has 1 aliphatic heterocycles. The molecule has 160 valence electrons. The van der Waals surface area contributed by atoms with Crippen LogP contribution in [0.25, 0.3) is 0 Å². The number of hydrogen-bond acceptors (Lipinski definition) is 5. The second-order valence-electron chi connectivity index (χ2n) is 7.65. The van der Waals surface area contributed by atoms with Gasteiger partial charge in [-0.05, 0) is 42.5 Å². The molecule has 0 bridgehead atoms. The van der Waals surface area contributed by atoms with Gasteiger partial charge >= 0.3 is 0 Å². The molecule has 0 radical (unpaired) electrons. The van der Waals surface area contributed by atoms with Crippen molar-refractivity contribution in [1.29, 1.82) is 0 Å². The number of primary amides is 1. The molecule has 0 aliphatic carbocycles. The average molecular weight is 429 g/mol. The highest BCUT2D eigenvalue weighted by Gasteiger charge is 2.25. The van der Waals surface area contributed by atoms with Gasteiger partial charge in [-0.15, -0.1) is 11.3 Å². The molecular weight excluding hydrogens is 400 g/mol. The van der Waals surface area contributed by atoms with Crippen molar-refractivity contribution in [3.8, 4) is 0 Å². The van der Waals surface area contributed by atoms with Crippen LogP contribution in [0.5, 0.6) is 0 Å². The second-order valence-corrected chi connectivity index (χ2v) is 8.63. The number of carbonyl (C=O) groups excluding carboxylic acids is 3. The zero-order valence-electron chi connectivity index (χ0n) is 17.1. The van der Waals surface area contributed by atoms with Gasteiger partial charge in [-0.2, -0.15) is 0 Å². The van der Waals surface area contributed by atoms with E-state index < -0.39 is 0 Å². The molecule has 3 amide bonds. The summed E-state index contributed by atoms with van der Waals surface area (Å²) in [6.07, 6.45) is 1.92. The third-order valence-corrected chi connectivity index (χ3v) is 6.23. The molecule has 1 aliphatic rings. The number of thiophene rings is 1. The predicted molar refractivity (Wildman–Crippen MR) is 118 cm³/mol. The van der Waals surface area contributed by atoms with Crippen LogP contribution in [0.3, 0.4) is 0 Å². The van der Waals surface area contributed by atoms with Crippen molar-refractivity contribution in [3.05, 3.63) is 52.2 Å². The Morgan fingerprint density at radius 1 is 1.23 bits per heavy atom. The Balaban J connectivity index is 1.65. The van der Waals surface area contributed by atoms with Crippen LogP contribution in [0.15, 0.2) is 41.8 Å². The average Bonchev–Trinajstić information content (AvgIpc) is 3.24. The van der Waals surface area contributed by atoms with Gasteiger partial charge in [0, 0.05) is 30.6 Å². The lowest BCUT2D eigenvalue weighted by Crippen LogP contribution is -2.40. The number of rotatable bonds is 8. The van der Waals surface area contributed by atoms with E-state index in [-0.39, 0.29) is 36.1 Å². The lowest BCUT2D eigenvalue weighted by Gasteiger charge is -2.31. The van der Waals surface area contributed by atoms with Crippen molar-refractivity contribution < 1.29 is 14.4 Å². The number of nitrogens with zero attached hydrogens (tertiary/aromatic N) is 1. The van der Waals surface area contributed by atoms with Gasteiger partial charge in [-0.1, -0.05) is 24.3 Å². The molecule has 7 nitrogen and oxygen atoms in total. The zero-order valence-corrected chi connectivity index (χ0v) is 17.9. The Kier molecular flexibility index (Phi) is 7.59. The molecule has 2 unspecified atom stereocenters. The Bertz CT molecular complexity index is 884. The van der Waals surface area contributed by atoms with E-state index in [0.29, 0.717) is 13.1 Å². The van der Waals surface area contributed by atoms with Crippen LogP contribution in [0.4, 0.5) is 5.69 Å². The van der Waals surface area contributed by atoms with Gasteiger partial charge in [0.15, 0.2) is 0 Å². The van der Waals surface area contributed by atoms with Crippen LogP contribution >= 0.6 is 11.3 Å². The van der Waals surface area contributed by atoms with Crippen LogP contribution in [-0.2, 0) is 20.9 Å². The van der Waals surface area contributed by atoms with E-state index in [0.717, 1.165) is 35.5 Å². The summed E-state index contributed by atoms with van der Waals surface area (Å²) >= 11 is 1.51. The highest BCUT2D eigenvalue weighted by atomic mass is 32.1. The molecule has 2 heterocycles. The zero-order chi connectivity index (χ0) is 21.5. The monoisotopic (exact) mass is 428 g/mol. The highest BCUT2D eigenvalue weighted by molar-refractivity contribution is 7.10. The summed E-state index contributed by atoms with van der Waals surface area (Å²) in [5.74, 6) is -0.706. The number of nitrogens with one attached hydrogen (secondary N) is 2. The fraction of sp³-hybridized carbons (Fsp3) is 0.409. The molecule has 2 atom stereocenters. The minimum absolute atomic E-state index is 0.121. The maximum Gasteiger partial charge on any atom is 0.226 e. The summed E-state index contributed by atoms with van der Waals surface area (Å²) < 4.78 is 0. The largest absolute Gasteiger partial charge is 0.369 e. The van der Waals surface area contributed by atoms with Gasteiger partial charge < -0.3 is 16.4 Å². The summed E-state index contributed by atoms with van der Waals surface area (Å²) in [6, 6.07) is 11.1. The lowest BCUT2D eigenvalue weighted by molar-refractivity contribution is -0.123. The van der Waals surface area contributed by atoms with E-state index in [2.05, 4.69) is 15.5 Å². The number of piperidine rings is 1. The van der Waals surface area contributed by atoms with Crippen molar-refractivity contribution in [2.24, 2.45) is 11.7 Å². The normalized spacial score (nSPS) is 17.8. The van der Waals surface area contributed by atoms with Crippen LogP contribution in [0.1, 0.15) is 42.7 Å². The van der Waals surface area contributed by atoms with Gasteiger partial charge in [-0.25, -0.2) is 0 Å². The molecule has 0 saturated carbocycles. The van der Waals surface area contributed by atoms with Gasteiger partial charge in [0.25, 0.3) is 0 Å². The summed E-state index contributed by atoms with van der Waals surface area (Å²) in [6.45, 7) is 3.63. The summed E-state index contributed by atoms with van der Waals surface area (Å²) in [5, 5.41) is 7.78. The van der Waals surface area contributed by atoms with Crippen molar-refractivity contribution in [3.63, 3.8) is 0 Å². The first kappa shape index (κ1) is 22.0. The Morgan fingerprint density at radius 2 is 2.03 bits per heavy atom. The number of anilines is 1. The molecule has 1 aromatic heterocycles. The van der Waals surface area contributed by atoms with E-state index in [9.17, 15) is 14.4 Å². The molecule has 3 rings (SSSR count). The fourth-order valence-corrected chi connectivity index (χ4v) is 4.57. The number of likely N-dealkylation sites (tertiary alicyclic amines) is 1. The first-order chi connectivity index (χ1) is 14.4. The minimum atomic E-state index is -0.354. The summed E-state index contributed by atoms with van der Waals surface area (Å²) in [7, 11) is 0. The molecule has 0 spiro atoms. The standard InChI is InChI=1S/C22H28N4O3S/c1-15(27)24-19(20-9-5-11-30-20)12-21(28)25-18-8-3-2-6-16(18)13-26-10-4-7-17(14-26)22(23)29/h2-3,5-6,8-9,11,17,19H,4,7,10,12-14H2,1H3,(H2,23,29)(H,24,27)(H,25,28). The smallest absolute Gasteiger partial charge is 0.226 e. The highest BCUT2D eigenvalue weighted by Crippen LogP contribution is 2.25. The molecule has 1 saturated heterocycles. The Morgan fingerprint density at radius 3 is 2.73 bits per heavy atom. The van der Waals surface area contributed by atoms with Gasteiger partial charge in [0.2, 0.25) is 17.7 Å². The first-order valence-electron chi connectivity index (χ1n) is 10.1. The molecule has 30 heavy (non-hydrogen) atoms. The number of para-hydroxylation sites is 1.